The van der Waals surface area contributed by atoms with Crippen molar-refractivity contribution >= 4 is 78.3 Å². The Morgan fingerprint density at radius 1 is 0.938 bits per heavy atom. The van der Waals surface area contributed by atoms with Crippen LogP contribution in [0.2, 0.25) is 10.0 Å². The Labute approximate surface area is 281 Å². The Balaban J connectivity index is 1.26. The SMILES string of the molecule is O=C(c1nn(-c2ccc3ncnc(Nc4c(F)ccc(NS(=O)(=O)c5cccc(Cl)c5Cl)c4F)c3n2)c2ccccc12)N1CCNCC1. The Kier molecular flexibility index (Phi) is 8.29. The van der Waals surface area contributed by atoms with Crippen molar-refractivity contribution in [1.29, 1.82) is 0 Å². The van der Waals surface area contributed by atoms with Crippen molar-refractivity contribution in [3.63, 3.8) is 0 Å². The molecule has 7 rings (SSSR count). The molecule has 0 radical (unpaired) electrons. The minimum atomic E-state index is -4.43. The number of nitrogens with zero attached hydrogens (tertiary/aromatic N) is 6. The summed E-state index contributed by atoms with van der Waals surface area (Å²) in [6, 6.07) is 16.3. The second-order valence-electron chi connectivity index (χ2n) is 10.6. The third kappa shape index (κ3) is 5.74. The third-order valence-electron chi connectivity index (χ3n) is 7.66. The summed E-state index contributed by atoms with van der Waals surface area (Å²) < 4.78 is 60.6. The van der Waals surface area contributed by atoms with Crippen LogP contribution in [0.1, 0.15) is 10.5 Å². The van der Waals surface area contributed by atoms with Gasteiger partial charge in [-0.3, -0.25) is 9.52 Å². The zero-order valence-electron chi connectivity index (χ0n) is 24.6. The molecule has 0 atom stereocenters. The minimum Gasteiger partial charge on any atom is -0.335 e. The van der Waals surface area contributed by atoms with Gasteiger partial charge in [0.15, 0.2) is 23.1 Å². The van der Waals surface area contributed by atoms with Crippen LogP contribution in [0.25, 0.3) is 27.8 Å². The van der Waals surface area contributed by atoms with E-state index in [0.717, 1.165) is 12.1 Å². The first-order chi connectivity index (χ1) is 23.1. The van der Waals surface area contributed by atoms with Crippen LogP contribution < -0.4 is 15.4 Å². The molecular weight excluding hydrogens is 687 g/mol. The van der Waals surface area contributed by atoms with Crippen molar-refractivity contribution in [3.8, 4) is 5.82 Å². The number of piperazine rings is 1. The van der Waals surface area contributed by atoms with E-state index in [4.69, 9.17) is 23.2 Å². The first-order valence-electron chi connectivity index (χ1n) is 14.4. The van der Waals surface area contributed by atoms with Crippen LogP contribution in [-0.2, 0) is 10.0 Å². The van der Waals surface area contributed by atoms with E-state index in [1.807, 2.05) is 12.1 Å². The highest BCUT2D eigenvalue weighted by Crippen LogP contribution is 2.34. The van der Waals surface area contributed by atoms with Gasteiger partial charge in [0.05, 0.1) is 26.8 Å². The summed E-state index contributed by atoms with van der Waals surface area (Å²) in [7, 11) is -4.43. The molecule has 1 amide bonds. The van der Waals surface area contributed by atoms with Gasteiger partial charge in [0, 0.05) is 31.6 Å². The lowest BCUT2D eigenvalue weighted by Crippen LogP contribution is -2.46. The van der Waals surface area contributed by atoms with E-state index in [2.05, 4.69) is 35.4 Å². The molecule has 244 valence electrons. The number of sulfonamides is 1. The number of fused-ring (bicyclic) bond motifs is 2. The third-order valence-corrected chi connectivity index (χ3v) is 10.0. The van der Waals surface area contributed by atoms with Crippen molar-refractivity contribution in [2.45, 2.75) is 4.90 Å². The summed E-state index contributed by atoms with van der Waals surface area (Å²) in [4.78, 5) is 27.9. The zero-order valence-corrected chi connectivity index (χ0v) is 26.9. The van der Waals surface area contributed by atoms with Crippen LogP contribution in [0.15, 0.2) is 78.0 Å². The Morgan fingerprint density at radius 3 is 2.54 bits per heavy atom. The fourth-order valence-electron chi connectivity index (χ4n) is 5.31. The number of pyridine rings is 1. The molecule has 6 aromatic rings. The van der Waals surface area contributed by atoms with E-state index >= 15 is 8.78 Å². The molecule has 3 aromatic heterocycles. The highest BCUT2D eigenvalue weighted by atomic mass is 35.5. The largest absolute Gasteiger partial charge is 0.335 e. The quantitative estimate of drug-likeness (QED) is 0.194. The number of halogens is 4. The summed E-state index contributed by atoms with van der Waals surface area (Å²) in [5.41, 5.74) is 0.0726. The maximum Gasteiger partial charge on any atom is 0.275 e. The van der Waals surface area contributed by atoms with Gasteiger partial charge in [0.2, 0.25) is 0 Å². The number of carbonyl (C=O) groups excluding carboxylic acids is 1. The van der Waals surface area contributed by atoms with Gasteiger partial charge in [-0.2, -0.15) is 5.10 Å². The average molecular weight is 711 g/mol. The Morgan fingerprint density at radius 2 is 1.73 bits per heavy atom. The molecule has 17 heteroatoms. The number of hydrogen-bond donors (Lipinski definition) is 3. The summed E-state index contributed by atoms with van der Waals surface area (Å²) in [5.74, 6) is -2.29. The van der Waals surface area contributed by atoms with Gasteiger partial charge < -0.3 is 15.5 Å². The monoisotopic (exact) mass is 709 g/mol. The molecule has 0 spiro atoms. The van der Waals surface area contributed by atoms with Crippen LogP contribution in [0.3, 0.4) is 0 Å². The topological polar surface area (TPSA) is 147 Å². The normalized spacial score (nSPS) is 13.6. The predicted molar refractivity (Wildman–Crippen MR) is 178 cm³/mol. The number of para-hydroxylation sites is 1. The molecule has 12 nitrogen and oxygen atoms in total. The molecule has 1 saturated heterocycles. The maximum absolute atomic E-state index is 15.8. The predicted octanol–water partition coefficient (Wildman–Crippen LogP) is 5.54. The van der Waals surface area contributed by atoms with Crippen LogP contribution >= 0.6 is 23.2 Å². The highest BCUT2D eigenvalue weighted by molar-refractivity contribution is 7.92. The van der Waals surface area contributed by atoms with Gasteiger partial charge >= 0.3 is 0 Å². The van der Waals surface area contributed by atoms with E-state index in [1.54, 1.807) is 29.2 Å². The van der Waals surface area contributed by atoms with Gasteiger partial charge in [-0.25, -0.2) is 36.8 Å². The summed E-state index contributed by atoms with van der Waals surface area (Å²) in [6.07, 6.45) is 1.18. The summed E-state index contributed by atoms with van der Waals surface area (Å²) in [5, 5.41) is 10.8. The molecule has 0 saturated carbocycles. The van der Waals surface area contributed by atoms with Crippen LogP contribution in [0.5, 0.6) is 0 Å². The number of anilines is 3. The second kappa shape index (κ2) is 12.6. The molecule has 3 aromatic carbocycles. The van der Waals surface area contributed by atoms with E-state index in [0.29, 0.717) is 42.6 Å². The van der Waals surface area contributed by atoms with Gasteiger partial charge in [-0.05, 0) is 42.5 Å². The highest BCUT2D eigenvalue weighted by Gasteiger charge is 2.26. The molecule has 3 N–H and O–H groups in total. The van der Waals surface area contributed by atoms with Gasteiger partial charge in [0.1, 0.15) is 28.2 Å². The fraction of sp³-hybridized carbons (Fsp3) is 0.129. The summed E-state index contributed by atoms with van der Waals surface area (Å²) >= 11 is 12.0. The number of benzene rings is 3. The number of nitrogens with one attached hydrogen (secondary N) is 3. The molecule has 0 bridgehead atoms. The van der Waals surface area contributed by atoms with Crippen LogP contribution in [0.4, 0.5) is 26.0 Å². The number of hydrogen-bond acceptors (Lipinski definition) is 9. The fourth-order valence-corrected chi connectivity index (χ4v) is 7.13. The smallest absolute Gasteiger partial charge is 0.275 e. The van der Waals surface area contributed by atoms with Crippen molar-refractivity contribution in [2.24, 2.45) is 0 Å². The van der Waals surface area contributed by atoms with Crippen molar-refractivity contribution in [3.05, 3.63) is 100 Å². The molecule has 0 aliphatic carbocycles. The lowest BCUT2D eigenvalue weighted by Gasteiger charge is -2.26. The number of carbonyl (C=O) groups is 1. The lowest BCUT2D eigenvalue weighted by atomic mass is 10.2. The first kappa shape index (κ1) is 31.6. The van der Waals surface area contributed by atoms with Gasteiger partial charge in [-0.15, -0.1) is 0 Å². The Hall–Kier alpha value is -4.96. The van der Waals surface area contributed by atoms with E-state index < -0.39 is 37.9 Å². The van der Waals surface area contributed by atoms with Crippen LogP contribution in [0, 0.1) is 11.6 Å². The average Bonchev–Trinajstić information content (AvgIpc) is 3.48. The van der Waals surface area contributed by atoms with Crippen molar-refractivity contribution in [1.82, 2.24) is 34.9 Å². The standard InChI is InChI=1S/C31H23Cl2F2N9O3S/c32-18-5-3-7-23(25(18)33)48(46,47)42-20-9-8-19(34)28(26(20)35)40-30-29-21(37-16-38-30)10-11-24(39-29)44-22-6-2-1-4-17(22)27(41-44)31(45)43-14-12-36-13-15-43/h1-11,16,36,42H,12-15H2,(H,37,38,40). The maximum atomic E-state index is 15.8. The van der Waals surface area contributed by atoms with Crippen LogP contribution in [-0.4, -0.2) is 70.1 Å². The lowest BCUT2D eigenvalue weighted by molar-refractivity contribution is 0.0731. The van der Waals surface area contributed by atoms with Crippen molar-refractivity contribution in [2.75, 3.05) is 36.2 Å². The zero-order chi connectivity index (χ0) is 33.6. The van der Waals surface area contributed by atoms with Gasteiger partial charge in [0.25, 0.3) is 15.9 Å². The number of amides is 1. The molecule has 1 aliphatic heterocycles. The molecule has 4 heterocycles. The molecule has 48 heavy (non-hydrogen) atoms. The second-order valence-corrected chi connectivity index (χ2v) is 13.1. The van der Waals surface area contributed by atoms with Gasteiger partial charge in [-0.1, -0.05) is 47.5 Å². The first-order valence-corrected chi connectivity index (χ1v) is 16.7. The molecular formula is C31H23Cl2F2N9O3S. The number of aromatic nitrogens is 5. The number of rotatable bonds is 7. The Bertz CT molecular complexity index is 2350. The molecule has 1 fully saturated rings. The van der Waals surface area contributed by atoms with Crippen molar-refractivity contribution < 1.29 is 22.0 Å². The van der Waals surface area contributed by atoms with E-state index in [1.165, 1.54) is 29.2 Å². The molecule has 0 unspecified atom stereocenters. The molecule has 1 aliphatic rings. The van der Waals surface area contributed by atoms with E-state index in [-0.39, 0.29) is 38.8 Å². The minimum absolute atomic E-state index is 0.0190. The van der Waals surface area contributed by atoms with E-state index in [9.17, 15) is 13.2 Å². The summed E-state index contributed by atoms with van der Waals surface area (Å²) in [6.45, 7) is 2.45.